The van der Waals surface area contributed by atoms with E-state index in [1.807, 2.05) is 19.9 Å². The Bertz CT molecular complexity index is 105. The molecular weight excluding hydrogens is 164 g/mol. The van der Waals surface area contributed by atoms with Crippen molar-refractivity contribution in [2.24, 2.45) is 17.4 Å². The van der Waals surface area contributed by atoms with Crippen LogP contribution in [0.4, 0.5) is 0 Å². The molecule has 0 saturated heterocycles. The van der Waals surface area contributed by atoms with Gasteiger partial charge >= 0.3 is 0 Å². The van der Waals surface area contributed by atoms with E-state index in [1.54, 1.807) is 6.20 Å². The maximum absolute atomic E-state index is 5.23. The van der Waals surface area contributed by atoms with E-state index in [0.29, 0.717) is 12.6 Å². The SMILES string of the molecule is CC.CC(/C=C\N)CCCOCN. The molecule has 0 bridgehead atoms. The molecule has 0 amide bonds. The summed E-state index contributed by atoms with van der Waals surface area (Å²) in [6.07, 6.45) is 5.73. The standard InChI is InChI=1S/C8H18N2O.C2H6/c1-8(4-5-9)3-2-6-11-7-10;1-2/h4-5,8H,2-3,6-7,9-10H2,1H3;1-2H3/b5-4-;. The summed E-state index contributed by atoms with van der Waals surface area (Å²) in [5, 5.41) is 0. The van der Waals surface area contributed by atoms with Crippen molar-refractivity contribution in [3.05, 3.63) is 12.3 Å². The minimum atomic E-state index is 0.321. The Morgan fingerprint density at radius 2 is 2.00 bits per heavy atom. The van der Waals surface area contributed by atoms with E-state index < -0.39 is 0 Å². The molecule has 3 heteroatoms. The Balaban J connectivity index is 0. The quantitative estimate of drug-likeness (QED) is 0.494. The van der Waals surface area contributed by atoms with Crippen LogP contribution in [0.1, 0.15) is 33.6 Å². The van der Waals surface area contributed by atoms with E-state index in [-0.39, 0.29) is 0 Å². The molecule has 0 aliphatic carbocycles. The fourth-order valence-electron chi connectivity index (χ4n) is 0.877. The van der Waals surface area contributed by atoms with Gasteiger partial charge in [-0.2, -0.15) is 0 Å². The summed E-state index contributed by atoms with van der Waals surface area (Å²) in [6, 6.07) is 0. The second-order valence-corrected chi connectivity index (χ2v) is 2.58. The molecule has 0 saturated carbocycles. The third-order valence-corrected chi connectivity index (χ3v) is 1.51. The molecule has 80 valence electrons. The van der Waals surface area contributed by atoms with E-state index in [2.05, 4.69) is 6.92 Å². The lowest BCUT2D eigenvalue weighted by Crippen LogP contribution is -2.06. The van der Waals surface area contributed by atoms with Crippen LogP contribution in [0.25, 0.3) is 0 Å². The maximum Gasteiger partial charge on any atom is 0.0940 e. The van der Waals surface area contributed by atoms with E-state index in [0.717, 1.165) is 19.4 Å². The summed E-state index contributed by atoms with van der Waals surface area (Å²) in [4.78, 5) is 0. The lowest BCUT2D eigenvalue weighted by molar-refractivity contribution is 0.135. The fraction of sp³-hybridized carbons (Fsp3) is 0.800. The lowest BCUT2D eigenvalue weighted by Gasteiger charge is -2.04. The van der Waals surface area contributed by atoms with Gasteiger partial charge in [-0.1, -0.05) is 26.8 Å². The van der Waals surface area contributed by atoms with Gasteiger partial charge in [0.2, 0.25) is 0 Å². The molecule has 3 nitrogen and oxygen atoms in total. The van der Waals surface area contributed by atoms with Crippen molar-refractivity contribution in [1.29, 1.82) is 0 Å². The van der Waals surface area contributed by atoms with Crippen LogP contribution in [-0.2, 0) is 4.74 Å². The highest BCUT2D eigenvalue weighted by Gasteiger charge is 1.95. The number of ether oxygens (including phenoxy) is 1. The Kier molecular flexibility index (Phi) is 16.1. The van der Waals surface area contributed by atoms with E-state index in [4.69, 9.17) is 16.2 Å². The molecule has 0 heterocycles. The molecule has 1 unspecified atom stereocenters. The number of rotatable bonds is 6. The van der Waals surface area contributed by atoms with Gasteiger partial charge in [0.05, 0.1) is 6.73 Å². The monoisotopic (exact) mass is 188 g/mol. The topological polar surface area (TPSA) is 61.3 Å². The van der Waals surface area contributed by atoms with E-state index in [9.17, 15) is 0 Å². The van der Waals surface area contributed by atoms with Crippen molar-refractivity contribution in [2.45, 2.75) is 33.6 Å². The molecular formula is C10H24N2O. The largest absolute Gasteiger partial charge is 0.405 e. The summed E-state index contributed by atoms with van der Waals surface area (Å²) in [5.41, 5.74) is 10.4. The molecule has 0 aromatic carbocycles. The van der Waals surface area contributed by atoms with Gasteiger partial charge in [0, 0.05) is 6.61 Å². The number of hydrogen-bond donors (Lipinski definition) is 2. The number of hydrogen-bond acceptors (Lipinski definition) is 3. The van der Waals surface area contributed by atoms with Crippen LogP contribution >= 0.6 is 0 Å². The maximum atomic E-state index is 5.23. The highest BCUT2D eigenvalue weighted by Crippen LogP contribution is 2.05. The molecule has 0 aromatic rings. The third kappa shape index (κ3) is 14.3. The molecule has 0 spiro atoms. The first-order chi connectivity index (χ1) is 6.31. The van der Waals surface area contributed by atoms with Gasteiger partial charge in [-0.15, -0.1) is 0 Å². The molecule has 0 rings (SSSR count). The van der Waals surface area contributed by atoms with Gasteiger partial charge in [-0.05, 0) is 25.0 Å². The zero-order chi connectivity index (χ0) is 10.5. The second-order valence-electron chi connectivity index (χ2n) is 2.58. The molecule has 0 fully saturated rings. The fourth-order valence-corrected chi connectivity index (χ4v) is 0.877. The average molecular weight is 188 g/mol. The normalized spacial score (nSPS) is 12.3. The Hall–Kier alpha value is -0.540. The first-order valence-corrected chi connectivity index (χ1v) is 4.97. The second kappa shape index (κ2) is 14.0. The van der Waals surface area contributed by atoms with E-state index in [1.165, 1.54) is 0 Å². The highest BCUT2D eigenvalue weighted by molar-refractivity contribution is 4.81. The first kappa shape index (κ1) is 15.0. The van der Waals surface area contributed by atoms with Gasteiger partial charge in [-0.25, -0.2) is 0 Å². The minimum absolute atomic E-state index is 0.321. The summed E-state index contributed by atoms with van der Waals surface area (Å²) in [6.45, 7) is 7.20. The Morgan fingerprint density at radius 3 is 2.46 bits per heavy atom. The average Bonchev–Trinajstić information content (AvgIpc) is 2.16. The van der Waals surface area contributed by atoms with Gasteiger partial charge < -0.3 is 16.2 Å². The van der Waals surface area contributed by atoms with Crippen LogP contribution in [0, 0.1) is 5.92 Å². The van der Waals surface area contributed by atoms with Gasteiger partial charge in [0.15, 0.2) is 0 Å². The molecule has 0 aromatic heterocycles. The van der Waals surface area contributed by atoms with Crippen LogP contribution < -0.4 is 11.5 Å². The zero-order valence-corrected chi connectivity index (χ0v) is 9.12. The Morgan fingerprint density at radius 1 is 1.38 bits per heavy atom. The van der Waals surface area contributed by atoms with Gasteiger partial charge in [0.25, 0.3) is 0 Å². The molecule has 4 N–H and O–H groups in total. The molecule has 1 atom stereocenters. The van der Waals surface area contributed by atoms with Crippen molar-refractivity contribution in [1.82, 2.24) is 0 Å². The van der Waals surface area contributed by atoms with Crippen molar-refractivity contribution >= 4 is 0 Å². The summed E-state index contributed by atoms with van der Waals surface area (Å²) in [7, 11) is 0. The van der Waals surface area contributed by atoms with Crippen molar-refractivity contribution < 1.29 is 4.74 Å². The smallest absolute Gasteiger partial charge is 0.0940 e. The van der Waals surface area contributed by atoms with Gasteiger partial charge in [-0.3, -0.25) is 0 Å². The highest BCUT2D eigenvalue weighted by atomic mass is 16.5. The zero-order valence-electron chi connectivity index (χ0n) is 9.12. The molecule has 0 aliphatic rings. The van der Waals surface area contributed by atoms with Crippen molar-refractivity contribution in [2.75, 3.05) is 13.3 Å². The summed E-state index contributed by atoms with van der Waals surface area (Å²) in [5.74, 6) is 0.543. The molecule has 0 aliphatic heterocycles. The summed E-state index contributed by atoms with van der Waals surface area (Å²) < 4.78 is 4.98. The molecule has 13 heavy (non-hydrogen) atoms. The van der Waals surface area contributed by atoms with Crippen LogP contribution in [0.2, 0.25) is 0 Å². The predicted octanol–water partition coefficient (Wildman–Crippen LogP) is 1.83. The van der Waals surface area contributed by atoms with Crippen LogP contribution in [0.15, 0.2) is 12.3 Å². The van der Waals surface area contributed by atoms with Crippen LogP contribution in [0.5, 0.6) is 0 Å². The molecule has 0 radical (unpaired) electrons. The van der Waals surface area contributed by atoms with Crippen LogP contribution in [0.3, 0.4) is 0 Å². The Labute approximate surface area is 82.1 Å². The third-order valence-electron chi connectivity index (χ3n) is 1.51. The van der Waals surface area contributed by atoms with Crippen molar-refractivity contribution in [3.63, 3.8) is 0 Å². The predicted molar refractivity (Wildman–Crippen MR) is 58.1 cm³/mol. The summed E-state index contributed by atoms with van der Waals surface area (Å²) >= 11 is 0. The lowest BCUT2D eigenvalue weighted by atomic mass is 10.1. The number of allylic oxidation sites excluding steroid dienone is 1. The van der Waals surface area contributed by atoms with Crippen molar-refractivity contribution in [3.8, 4) is 0 Å². The van der Waals surface area contributed by atoms with E-state index >= 15 is 0 Å². The van der Waals surface area contributed by atoms with Crippen LogP contribution in [-0.4, -0.2) is 13.3 Å². The minimum Gasteiger partial charge on any atom is -0.405 e. The number of nitrogens with two attached hydrogens (primary N) is 2. The first-order valence-electron chi connectivity index (χ1n) is 4.97. The van der Waals surface area contributed by atoms with Gasteiger partial charge in [0.1, 0.15) is 0 Å².